The van der Waals surface area contributed by atoms with E-state index in [9.17, 15) is 21.6 Å². The third kappa shape index (κ3) is 3.99. The number of aromatic nitrogens is 2. The molecule has 0 radical (unpaired) electrons. The molecule has 0 bridgehead atoms. The van der Waals surface area contributed by atoms with Gasteiger partial charge in [-0.05, 0) is 24.3 Å². The van der Waals surface area contributed by atoms with E-state index in [1.807, 2.05) is 0 Å². The Morgan fingerprint density at radius 1 is 1.16 bits per heavy atom. The van der Waals surface area contributed by atoms with Gasteiger partial charge in [-0.25, -0.2) is 18.1 Å². The highest BCUT2D eigenvalue weighted by Crippen LogP contribution is 2.31. The molecule has 1 aromatic carbocycles. The largest absolute Gasteiger partial charge is 0.416 e. The lowest BCUT2D eigenvalue weighted by Crippen LogP contribution is -2.22. The molecular formula is C16H14F3N3O2S. The van der Waals surface area contributed by atoms with Crippen molar-refractivity contribution >= 4 is 15.5 Å². The van der Waals surface area contributed by atoms with E-state index in [1.165, 1.54) is 12.1 Å². The molecular weight excluding hydrogens is 355 g/mol. The first-order valence-electron chi connectivity index (χ1n) is 7.22. The number of nitrogens with one attached hydrogen (secondary N) is 1. The summed E-state index contributed by atoms with van der Waals surface area (Å²) in [5.74, 6) is 0. The highest BCUT2D eigenvalue weighted by atomic mass is 32.2. The van der Waals surface area contributed by atoms with E-state index >= 15 is 0 Å². The smallest absolute Gasteiger partial charge is 0.320 e. The van der Waals surface area contributed by atoms with Crippen molar-refractivity contribution in [3.63, 3.8) is 0 Å². The average Bonchev–Trinajstić information content (AvgIpc) is 2.99. The van der Waals surface area contributed by atoms with Gasteiger partial charge >= 0.3 is 6.18 Å². The molecule has 0 saturated carbocycles. The summed E-state index contributed by atoms with van der Waals surface area (Å²) in [7, 11) is -3.39. The zero-order valence-corrected chi connectivity index (χ0v) is 13.9. The van der Waals surface area contributed by atoms with Crippen LogP contribution in [0.15, 0.2) is 48.8 Å². The monoisotopic (exact) mass is 369 g/mol. The highest BCUT2D eigenvalue weighted by Gasteiger charge is 2.30. The molecule has 0 unspecified atom stereocenters. The van der Waals surface area contributed by atoms with Crippen LogP contribution < -0.4 is 4.72 Å². The topological polar surface area (TPSA) is 63.5 Å². The maximum atomic E-state index is 12.7. The molecule has 0 aliphatic carbocycles. The molecule has 2 heterocycles. The van der Waals surface area contributed by atoms with Gasteiger partial charge in [0.2, 0.25) is 10.0 Å². The Labute approximate surface area is 142 Å². The van der Waals surface area contributed by atoms with Crippen LogP contribution in [0.3, 0.4) is 0 Å². The van der Waals surface area contributed by atoms with Gasteiger partial charge in [-0.15, -0.1) is 0 Å². The predicted molar refractivity (Wildman–Crippen MR) is 87.3 cm³/mol. The fraction of sp³-hybridized carbons (Fsp3) is 0.188. The fourth-order valence-corrected chi connectivity index (χ4v) is 2.83. The Kier molecular flexibility index (Phi) is 4.29. The first-order valence-corrected chi connectivity index (χ1v) is 9.11. The minimum atomic E-state index is -4.41. The van der Waals surface area contributed by atoms with Gasteiger partial charge in [0.1, 0.15) is 0 Å². The molecule has 0 atom stereocenters. The number of fused-ring (bicyclic) bond motifs is 1. The third-order valence-electron chi connectivity index (χ3n) is 3.57. The van der Waals surface area contributed by atoms with E-state index in [0.29, 0.717) is 22.5 Å². The molecule has 3 aromatic rings. The zero-order valence-electron chi connectivity index (χ0n) is 13.1. The van der Waals surface area contributed by atoms with Gasteiger partial charge in [-0.2, -0.15) is 13.2 Å². The fourth-order valence-electron chi connectivity index (χ4n) is 2.42. The third-order valence-corrected chi connectivity index (χ3v) is 4.23. The number of sulfonamides is 1. The number of hydrogen-bond acceptors (Lipinski definition) is 3. The molecule has 0 fully saturated rings. The van der Waals surface area contributed by atoms with Gasteiger partial charge in [0, 0.05) is 18.0 Å². The Bertz CT molecular complexity index is 1010. The van der Waals surface area contributed by atoms with E-state index in [1.54, 1.807) is 28.9 Å². The zero-order chi connectivity index (χ0) is 18.2. The van der Waals surface area contributed by atoms with Gasteiger partial charge in [0.05, 0.1) is 35.3 Å². The summed E-state index contributed by atoms with van der Waals surface area (Å²) in [6.45, 7) is -0.0133. The SMILES string of the molecule is CS(=O)(=O)NCc1cn2cccc2c(-c2ccc(C(F)(F)F)cc2)n1. The number of alkyl halides is 3. The number of rotatable bonds is 4. The number of benzene rings is 1. The second-order valence-corrected chi connectivity index (χ2v) is 7.38. The van der Waals surface area contributed by atoms with Crippen LogP contribution in [0, 0.1) is 0 Å². The molecule has 25 heavy (non-hydrogen) atoms. The van der Waals surface area contributed by atoms with E-state index < -0.39 is 21.8 Å². The minimum absolute atomic E-state index is 0.0133. The van der Waals surface area contributed by atoms with Crippen LogP contribution in [-0.4, -0.2) is 24.1 Å². The molecule has 5 nitrogen and oxygen atoms in total. The van der Waals surface area contributed by atoms with Crippen LogP contribution in [0.2, 0.25) is 0 Å². The van der Waals surface area contributed by atoms with Gasteiger partial charge in [-0.1, -0.05) is 12.1 Å². The number of hydrogen-bond donors (Lipinski definition) is 1. The van der Waals surface area contributed by atoms with Crippen LogP contribution in [0.25, 0.3) is 16.8 Å². The summed E-state index contributed by atoms with van der Waals surface area (Å²) in [5, 5.41) is 0. The highest BCUT2D eigenvalue weighted by molar-refractivity contribution is 7.88. The normalized spacial score (nSPS) is 12.6. The Hall–Kier alpha value is -2.39. The van der Waals surface area contributed by atoms with Gasteiger partial charge in [0.15, 0.2) is 0 Å². The quantitative estimate of drug-likeness (QED) is 0.769. The second kappa shape index (κ2) is 6.16. The van der Waals surface area contributed by atoms with Crippen LogP contribution in [0.4, 0.5) is 13.2 Å². The van der Waals surface area contributed by atoms with E-state index in [4.69, 9.17) is 0 Å². The summed E-state index contributed by atoms with van der Waals surface area (Å²) in [4.78, 5) is 4.41. The Balaban J connectivity index is 2.04. The maximum Gasteiger partial charge on any atom is 0.416 e. The van der Waals surface area contributed by atoms with Crippen LogP contribution >= 0.6 is 0 Å². The van der Waals surface area contributed by atoms with Crippen molar-refractivity contribution in [2.75, 3.05) is 6.26 Å². The summed E-state index contributed by atoms with van der Waals surface area (Å²) in [6.07, 6.45) is 0.0607. The van der Waals surface area contributed by atoms with E-state index in [2.05, 4.69) is 9.71 Å². The predicted octanol–water partition coefficient (Wildman–Crippen LogP) is 3.07. The van der Waals surface area contributed by atoms with E-state index in [-0.39, 0.29) is 6.54 Å². The van der Waals surface area contributed by atoms with Crippen LogP contribution in [-0.2, 0) is 22.7 Å². The van der Waals surface area contributed by atoms with Gasteiger partial charge in [-0.3, -0.25) is 0 Å². The minimum Gasteiger partial charge on any atom is -0.320 e. The van der Waals surface area contributed by atoms with E-state index in [0.717, 1.165) is 18.4 Å². The lowest BCUT2D eigenvalue weighted by Gasteiger charge is -2.11. The molecule has 9 heteroatoms. The standard InChI is InChI=1S/C16H14F3N3O2S/c1-25(23,24)20-9-13-10-22-8-2-3-14(22)15(21-13)11-4-6-12(7-5-11)16(17,18)19/h2-8,10,20H,9H2,1H3. The molecule has 132 valence electrons. The second-order valence-electron chi connectivity index (χ2n) is 5.55. The first-order chi connectivity index (χ1) is 11.6. The maximum absolute atomic E-state index is 12.7. The Morgan fingerprint density at radius 2 is 1.84 bits per heavy atom. The average molecular weight is 369 g/mol. The molecule has 0 amide bonds. The van der Waals surface area contributed by atoms with Crippen LogP contribution in [0.1, 0.15) is 11.3 Å². The number of nitrogens with zero attached hydrogens (tertiary/aromatic N) is 2. The summed E-state index contributed by atoms with van der Waals surface area (Å²) >= 11 is 0. The summed E-state index contributed by atoms with van der Waals surface area (Å²) in [5.41, 5.74) is 1.41. The van der Waals surface area contributed by atoms with Gasteiger partial charge < -0.3 is 4.40 Å². The molecule has 0 saturated heterocycles. The molecule has 0 aliphatic heterocycles. The van der Waals surface area contributed by atoms with Crippen molar-refractivity contribution in [1.29, 1.82) is 0 Å². The molecule has 0 spiro atoms. The number of halogens is 3. The first kappa shape index (κ1) is 17.4. The van der Waals surface area contributed by atoms with Crippen LogP contribution in [0.5, 0.6) is 0 Å². The molecule has 1 N–H and O–H groups in total. The van der Waals surface area contributed by atoms with Crippen molar-refractivity contribution in [1.82, 2.24) is 14.1 Å². The van der Waals surface area contributed by atoms with Crippen molar-refractivity contribution in [3.05, 3.63) is 60.0 Å². The molecule has 0 aliphatic rings. The lowest BCUT2D eigenvalue weighted by atomic mass is 10.1. The van der Waals surface area contributed by atoms with Crippen molar-refractivity contribution < 1.29 is 21.6 Å². The molecule has 3 rings (SSSR count). The Morgan fingerprint density at radius 3 is 2.44 bits per heavy atom. The van der Waals surface area contributed by atoms with Crippen molar-refractivity contribution in [3.8, 4) is 11.3 Å². The van der Waals surface area contributed by atoms with Crippen molar-refractivity contribution in [2.24, 2.45) is 0 Å². The lowest BCUT2D eigenvalue weighted by molar-refractivity contribution is -0.137. The van der Waals surface area contributed by atoms with Gasteiger partial charge in [0.25, 0.3) is 0 Å². The molecule has 2 aromatic heterocycles. The summed E-state index contributed by atoms with van der Waals surface area (Å²) < 4.78 is 64.8. The van der Waals surface area contributed by atoms with Crippen molar-refractivity contribution in [2.45, 2.75) is 12.7 Å². The summed E-state index contributed by atoms with van der Waals surface area (Å²) in [6, 6.07) is 8.26.